The molecule has 1 aromatic rings. The molecule has 0 radical (unpaired) electrons. The Morgan fingerprint density at radius 3 is 2.65 bits per heavy atom. The molecule has 0 aliphatic heterocycles. The van der Waals surface area contributed by atoms with Crippen molar-refractivity contribution in [1.82, 2.24) is 5.32 Å². The van der Waals surface area contributed by atoms with Crippen LogP contribution in [-0.2, 0) is 0 Å². The Labute approximate surface area is 99.0 Å². The number of carbonyl (C=O) groups excluding carboxylic acids is 1. The van der Waals surface area contributed by atoms with E-state index in [4.69, 9.17) is 5.73 Å². The predicted molar refractivity (Wildman–Crippen MR) is 61.6 cm³/mol. The van der Waals surface area contributed by atoms with Crippen molar-refractivity contribution in [2.24, 2.45) is 5.73 Å². The first-order chi connectivity index (χ1) is 7.91. The Balaban J connectivity index is 2.94. The molecule has 0 aliphatic rings. The van der Waals surface area contributed by atoms with Gasteiger partial charge in [-0.25, -0.2) is 8.78 Å². The molecule has 3 nitrogen and oxygen atoms in total. The molecule has 1 unspecified atom stereocenters. The maximum Gasteiger partial charge on any atom is 0.254 e. The molecule has 0 heterocycles. The SMILES string of the molecule is CCC(C)(CN)NC(=O)c1cc(F)ccc1F. The van der Waals surface area contributed by atoms with E-state index in [1.165, 1.54) is 0 Å². The number of hydrogen-bond acceptors (Lipinski definition) is 2. The van der Waals surface area contributed by atoms with Gasteiger partial charge in [-0.15, -0.1) is 0 Å². The minimum atomic E-state index is -0.751. The molecule has 0 fully saturated rings. The van der Waals surface area contributed by atoms with Crippen LogP contribution in [0.2, 0.25) is 0 Å². The second-order valence-electron chi connectivity index (χ2n) is 4.20. The molecule has 0 bridgehead atoms. The van der Waals surface area contributed by atoms with Crippen LogP contribution in [0.1, 0.15) is 30.6 Å². The summed E-state index contributed by atoms with van der Waals surface area (Å²) in [4.78, 5) is 11.8. The van der Waals surface area contributed by atoms with Crippen LogP contribution in [0.25, 0.3) is 0 Å². The van der Waals surface area contributed by atoms with Crippen LogP contribution in [-0.4, -0.2) is 18.0 Å². The minimum absolute atomic E-state index is 0.228. The highest BCUT2D eigenvalue weighted by molar-refractivity contribution is 5.95. The quantitative estimate of drug-likeness (QED) is 0.846. The van der Waals surface area contributed by atoms with Crippen molar-refractivity contribution in [2.75, 3.05) is 6.54 Å². The van der Waals surface area contributed by atoms with E-state index in [1.54, 1.807) is 6.92 Å². The predicted octanol–water partition coefficient (Wildman–Crippen LogP) is 1.82. The van der Waals surface area contributed by atoms with Crippen LogP contribution in [0.15, 0.2) is 18.2 Å². The summed E-state index contributed by atoms with van der Waals surface area (Å²) in [5.74, 6) is -2.06. The van der Waals surface area contributed by atoms with Crippen molar-refractivity contribution in [3.63, 3.8) is 0 Å². The number of nitrogens with one attached hydrogen (secondary N) is 1. The fourth-order valence-electron chi connectivity index (χ4n) is 1.30. The lowest BCUT2D eigenvalue weighted by Crippen LogP contribution is -2.51. The Morgan fingerprint density at radius 2 is 2.12 bits per heavy atom. The molecule has 3 N–H and O–H groups in total. The fraction of sp³-hybridized carbons (Fsp3) is 0.417. The van der Waals surface area contributed by atoms with Gasteiger partial charge in [0.2, 0.25) is 0 Å². The molecule has 94 valence electrons. The molecule has 17 heavy (non-hydrogen) atoms. The van der Waals surface area contributed by atoms with E-state index in [-0.39, 0.29) is 12.1 Å². The smallest absolute Gasteiger partial charge is 0.254 e. The van der Waals surface area contributed by atoms with Crippen molar-refractivity contribution >= 4 is 5.91 Å². The number of hydrogen-bond donors (Lipinski definition) is 2. The van der Waals surface area contributed by atoms with Crippen LogP contribution in [0.4, 0.5) is 8.78 Å². The lowest BCUT2D eigenvalue weighted by Gasteiger charge is -2.28. The van der Waals surface area contributed by atoms with Gasteiger partial charge in [-0.2, -0.15) is 0 Å². The first kappa shape index (κ1) is 13.6. The maximum atomic E-state index is 13.3. The second kappa shape index (κ2) is 5.23. The van der Waals surface area contributed by atoms with Gasteiger partial charge in [-0.1, -0.05) is 6.92 Å². The highest BCUT2D eigenvalue weighted by atomic mass is 19.1. The van der Waals surface area contributed by atoms with E-state index in [2.05, 4.69) is 5.32 Å². The summed E-state index contributed by atoms with van der Waals surface area (Å²) in [7, 11) is 0. The van der Waals surface area contributed by atoms with Gasteiger partial charge in [0, 0.05) is 12.1 Å². The van der Waals surface area contributed by atoms with Crippen molar-refractivity contribution in [3.05, 3.63) is 35.4 Å². The maximum absolute atomic E-state index is 13.3. The number of carbonyl (C=O) groups is 1. The van der Waals surface area contributed by atoms with Gasteiger partial charge in [0.05, 0.1) is 5.56 Å². The van der Waals surface area contributed by atoms with Gasteiger partial charge in [0.15, 0.2) is 0 Å². The van der Waals surface area contributed by atoms with Gasteiger partial charge < -0.3 is 11.1 Å². The summed E-state index contributed by atoms with van der Waals surface area (Å²) in [6.07, 6.45) is 0.603. The third kappa shape index (κ3) is 3.23. The molecule has 0 saturated heterocycles. The molecule has 0 aromatic heterocycles. The standard InChI is InChI=1S/C12H16F2N2O/c1-3-12(2,7-15)16-11(17)9-6-8(13)4-5-10(9)14/h4-6H,3,7,15H2,1-2H3,(H,16,17). The van der Waals surface area contributed by atoms with Crippen LogP contribution >= 0.6 is 0 Å². The van der Waals surface area contributed by atoms with Gasteiger partial charge >= 0.3 is 0 Å². The average Bonchev–Trinajstić information content (AvgIpc) is 2.32. The number of rotatable bonds is 4. The highest BCUT2D eigenvalue weighted by Gasteiger charge is 2.24. The molecule has 1 aromatic carbocycles. The number of amides is 1. The molecule has 1 atom stereocenters. The summed E-state index contributed by atoms with van der Waals surface area (Å²) in [6, 6.07) is 2.77. The summed E-state index contributed by atoms with van der Waals surface area (Å²) in [6.45, 7) is 3.84. The van der Waals surface area contributed by atoms with E-state index in [1.807, 2.05) is 6.92 Å². The zero-order valence-corrected chi connectivity index (χ0v) is 9.89. The Bertz CT molecular complexity index is 417. The highest BCUT2D eigenvalue weighted by Crippen LogP contribution is 2.13. The van der Waals surface area contributed by atoms with E-state index in [9.17, 15) is 13.6 Å². The summed E-state index contributed by atoms with van der Waals surface area (Å²) >= 11 is 0. The lowest BCUT2D eigenvalue weighted by molar-refractivity contribution is 0.0902. The van der Waals surface area contributed by atoms with Crippen molar-refractivity contribution in [2.45, 2.75) is 25.8 Å². The zero-order valence-electron chi connectivity index (χ0n) is 9.89. The topological polar surface area (TPSA) is 55.1 Å². The van der Waals surface area contributed by atoms with Crippen molar-refractivity contribution in [1.29, 1.82) is 0 Å². The second-order valence-corrected chi connectivity index (χ2v) is 4.20. The fourth-order valence-corrected chi connectivity index (χ4v) is 1.30. The average molecular weight is 242 g/mol. The molecule has 0 saturated carbocycles. The monoisotopic (exact) mass is 242 g/mol. The molecular weight excluding hydrogens is 226 g/mol. The third-order valence-electron chi connectivity index (χ3n) is 2.82. The lowest BCUT2D eigenvalue weighted by atomic mass is 9.98. The molecule has 0 aliphatic carbocycles. The summed E-state index contributed by atoms with van der Waals surface area (Å²) in [5, 5.41) is 2.61. The normalized spacial score (nSPS) is 14.2. The number of nitrogens with two attached hydrogens (primary N) is 1. The zero-order chi connectivity index (χ0) is 13.1. The first-order valence-corrected chi connectivity index (χ1v) is 5.39. The third-order valence-corrected chi connectivity index (χ3v) is 2.82. The Morgan fingerprint density at radius 1 is 1.47 bits per heavy atom. The number of halogens is 2. The van der Waals surface area contributed by atoms with Gasteiger partial charge in [-0.3, -0.25) is 4.79 Å². The van der Waals surface area contributed by atoms with E-state index in [0.717, 1.165) is 18.2 Å². The molecule has 5 heteroatoms. The van der Waals surface area contributed by atoms with E-state index >= 15 is 0 Å². The molecular formula is C12H16F2N2O. The van der Waals surface area contributed by atoms with Crippen LogP contribution < -0.4 is 11.1 Å². The van der Waals surface area contributed by atoms with E-state index < -0.39 is 23.1 Å². The molecule has 1 amide bonds. The van der Waals surface area contributed by atoms with Crippen LogP contribution in [0.5, 0.6) is 0 Å². The van der Waals surface area contributed by atoms with Crippen LogP contribution in [0, 0.1) is 11.6 Å². The summed E-state index contributed by atoms with van der Waals surface area (Å²) < 4.78 is 26.3. The van der Waals surface area contributed by atoms with Crippen molar-refractivity contribution in [3.8, 4) is 0 Å². The minimum Gasteiger partial charge on any atom is -0.346 e. The van der Waals surface area contributed by atoms with Gasteiger partial charge in [-0.05, 0) is 31.5 Å². The molecule has 1 rings (SSSR count). The van der Waals surface area contributed by atoms with E-state index in [0.29, 0.717) is 6.42 Å². The first-order valence-electron chi connectivity index (χ1n) is 5.39. The van der Waals surface area contributed by atoms with Gasteiger partial charge in [0.25, 0.3) is 5.91 Å². The van der Waals surface area contributed by atoms with Crippen molar-refractivity contribution < 1.29 is 13.6 Å². The van der Waals surface area contributed by atoms with Gasteiger partial charge in [0.1, 0.15) is 11.6 Å². The largest absolute Gasteiger partial charge is 0.346 e. The Hall–Kier alpha value is -1.49. The Kier molecular flexibility index (Phi) is 4.17. The summed E-state index contributed by atoms with van der Waals surface area (Å²) in [5.41, 5.74) is 4.61. The van der Waals surface area contributed by atoms with Crippen LogP contribution in [0.3, 0.4) is 0 Å². The number of benzene rings is 1. The molecule has 0 spiro atoms.